The Balaban J connectivity index is 1.90. The summed E-state index contributed by atoms with van der Waals surface area (Å²) in [6.45, 7) is 2.23. The van der Waals surface area contributed by atoms with Gasteiger partial charge in [-0.3, -0.25) is 10.1 Å². The van der Waals surface area contributed by atoms with Gasteiger partial charge >= 0.3 is 5.69 Å². The predicted octanol–water partition coefficient (Wildman–Crippen LogP) is 7.36. The maximum atomic E-state index is 11.4. The molecule has 0 aliphatic rings. The van der Waals surface area contributed by atoms with Crippen molar-refractivity contribution in [3.05, 3.63) is 64.2 Å². The quantitative estimate of drug-likeness (QED) is 0.156. The van der Waals surface area contributed by atoms with Crippen molar-refractivity contribution in [1.82, 2.24) is 0 Å². The average Bonchev–Trinajstić information content (AvgIpc) is 2.69. The van der Waals surface area contributed by atoms with E-state index < -0.39 is 0 Å². The first-order chi connectivity index (χ1) is 13.2. The summed E-state index contributed by atoms with van der Waals surface area (Å²) in [7, 11) is 0. The van der Waals surface area contributed by atoms with Gasteiger partial charge in [-0.1, -0.05) is 82.2 Å². The average molecular weight is 388 g/mol. The van der Waals surface area contributed by atoms with E-state index in [1.165, 1.54) is 56.6 Å². The molecule has 2 aromatic rings. The smallest absolute Gasteiger partial charge is 0.312 e. The summed E-state index contributed by atoms with van der Waals surface area (Å²) in [5.41, 5.74) is 0.953. The molecule has 0 unspecified atom stereocenters. The molecule has 0 aliphatic heterocycles. The third kappa shape index (κ3) is 7.63. The Labute approximate surface area is 166 Å². The molecular formula is C22H29NO3S. The minimum Gasteiger partial charge on any atom is -0.413 e. The first-order valence-corrected chi connectivity index (χ1v) is 10.6. The first kappa shape index (κ1) is 21.3. The number of nitro benzene ring substituents is 1. The number of benzene rings is 2. The highest BCUT2D eigenvalue weighted by molar-refractivity contribution is 7.95. The normalized spacial score (nSPS) is 10.7. The SMILES string of the molecule is CCCCCCCCCCc1cccc([N+](=O)[O-])c1OSc1ccccc1. The van der Waals surface area contributed by atoms with Crippen LogP contribution in [-0.4, -0.2) is 4.92 Å². The number of nitrogens with zero attached hydrogens (tertiary/aromatic N) is 1. The molecule has 2 rings (SSSR count). The van der Waals surface area contributed by atoms with Crippen molar-refractivity contribution < 1.29 is 9.11 Å². The Morgan fingerprint density at radius 1 is 0.889 bits per heavy atom. The van der Waals surface area contributed by atoms with Gasteiger partial charge in [0.25, 0.3) is 0 Å². The van der Waals surface area contributed by atoms with Crippen LogP contribution < -0.4 is 4.18 Å². The Hall–Kier alpha value is -2.01. The van der Waals surface area contributed by atoms with Gasteiger partial charge in [0.1, 0.15) is 0 Å². The number of nitro groups is 1. The van der Waals surface area contributed by atoms with Gasteiger partial charge in [-0.15, -0.1) is 0 Å². The summed E-state index contributed by atoms with van der Waals surface area (Å²) in [6, 6.07) is 14.8. The molecule has 0 spiro atoms. The van der Waals surface area contributed by atoms with Crippen molar-refractivity contribution in [1.29, 1.82) is 0 Å². The highest BCUT2D eigenvalue weighted by Gasteiger charge is 2.19. The van der Waals surface area contributed by atoms with Crippen molar-refractivity contribution in [3.8, 4) is 5.75 Å². The van der Waals surface area contributed by atoms with Crippen LogP contribution in [0.4, 0.5) is 5.69 Å². The van der Waals surface area contributed by atoms with Crippen molar-refractivity contribution in [2.45, 2.75) is 69.6 Å². The zero-order valence-electron chi connectivity index (χ0n) is 16.1. The molecule has 0 aromatic heterocycles. The molecule has 0 amide bonds. The lowest BCUT2D eigenvalue weighted by Gasteiger charge is -2.10. The van der Waals surface area contributed by atoms with Gasteiger partial charge in [0.05, 0.1) is 17.0 Å². The second-order valence-corrected chi connectivity index (χ2v) is 7.53. The van der Waals surface area contributed by atoms with Crippen molar-refractivity contribution in [3.63, 3.8) is 0 Å². The second kappa shape index (κ2) is 12.4. The van der Waals surface area contributed by atoms with Crippen LogP contribution in [0.3, 0.4) is 0 Å². The van der Waals surface area contributed by atoms with Gasteiger partial charge < -0.3 is 4.18 Å². The molecule has 0 saturated carbocycles. The lowest BCUT2D eigenvalue weighted by Crippen LogP contribution is -1.97. The first-order valence-electron chi connectivity index (χ1n) is 9.88. The fraction of sp³-hybridized carbons (Fsp3) is 0.455. The summed E-state index contributed by atoms with van der Waals surface area (Å²) in [4.78, 5) is 12.0. The van der Waals surface area contributed by atoms with Gasteiger partial charge in [-0.05, 0) is 25.0 Å². The van der Waals surface area contributed by atoms with Gasteiger partial charge in [-0.25, -0.2) is 0 Å². The number of para-hydroxylation sites is 1. The maximum Gasteiger partial charge on any atom is 0.312 e. The maximum absolute atomic E-state index is 11.4. The number of aryl methyl sites for hydroxylation is 1. The summed E-state index contributed by atoms with van der Waals surface area (Å²) >= 11 is 1.17. The van der Waals surface area contributed by atoms with Crippen LogP contribution in [0.1, 0.15) is 63.9 Å². The van der Waals surface area contributed by atoms with Crippen molar-refractivity contribution in [2.75, 3.05) is 0 Å². The van der Waals surface area contributed by atoms with E-state index >= 15 is 0 Å². The van der Waals surface area contributed by atoms with Crippen LogP contribution in [0.5, 0.6) is 5.75 Å². The van der Waals surface area contributed by atoms with Gasteiger partial charge in [0.15, 0.2) is 0 Å². The number of hydrogen-bond donors (Lipinski definition) is 0. The van der Waals surface area contributed by atoms with E-state index in [1.807, 2.05) is 36.4 Å². The summed E-state index contributed by atoms with van der Waals surface area (Å²) in [6.07, 6.45) is 10.7. The van der Waals surface area contributed by atoms with Gasteiger partial charge in [0, 0.05) is 16.5 Å². The molecule has 0 bridgehead atoms. The van der Waals surface area contributed by atoms with Crippen LogP contribution in [0.15, 0.2) is 53.4 Å². The lowest BCUT2D eigenvalue weighted by molar-refractivity contribution is -0.385. The molecule has 0 heterocycles. The van der Waals surface area contributed by atoms with Crippen LogP contribution in [0.2, 0.25) is 0 Å². The molecule has 0 radical (unpaired) electrons. The molecule has 0 fully saturated rings. The molecule has 27 heavy (non-hydrogen) atoms. The van der Waals surface area contributed by atoms with E-state index in [2.05, 4.69) is 6.92 Å². The molecule has 146 valence electrons. The topological polar surface area (TPSA) is 52.4 Å². The minimum absolute atomic E-state index is 0.0375. The zero-order valence-corrected chi connectivity index (χ0v) is 16.9. The number of unbranched alkanes of at least 4 members (excludes halogenated alkanes) is 7. The molecule has 0 atom stereocenters. The third-order valence-electron chi connectivity index (χ3n) is 4.54. The van der Waals surface area contributed by atoms with Crippen LogP contribution in [0, 0.1) is 10.1 Å². The van der Waals surface area contributed by atoms with Crippen molar-refractivity contribution >= 4 is 17.7 Å². The Morgan fingerprint density at radius 2 is 1.56 bits per heavy atom. The number of rotatable bonds is 13. The van der Waals surface area contributed by atoms with Gasteiger partial charge in [-0.2, -0.15) is 0 Å². The van der Waals surface area contributed by atoms with E-state index in [0.717, 1.165) is 29.7 Å². The standard InChI is InChI=1S/C22H29NO3S/c1-2-3-4-5-6-7-8-10-14-19-15-13-18-21(23(24)25)22(19)26-27-20-16-11-9-12-17-20/h9,11-13,15-18H,2-8,10,14H2,1H3. The third-order valence-corrected chi connectivity index (χ3v) is 5.25. The Morgan fingerprint density at radius 3 is 2.22 bits per heavy atom. The summed E-state index contributed by atoms with van der Waals surface area (Å²) in [5.74, 6) is 0.388. The summed E-state index contributed by atoms with van der Waals surface area (Å²) < 4.78 is 5.81. The molecule has 0 aliphatic carbocycles. The van der Waals surface area contributed by atoms with Gasteiger partial charge in [0.2, 0.25) is 5.75 Å². The molecule has 0 saturated heterocycles. The molecule has 4 nitrogen and oxygen atoms in total. The monoisotopic (exact) mass is 387 g/mol. The molecule has 5 heteroatoms. The van der Waals surface area contributed by atoms with Crippen LogP contribution >= 0.6 is 12.0 Å². The fourth-order valence-corrected chi connectivity index (χ4v) is 3.66. The van der Waals surface area contributed by atoms with Crippen LogP contribution in [-0.2, 0) is 6.42 Å². The van der Waals surface area contributed by atoms with E-state index in [9.17, 15) is 10.1 Å². The van der Waals surface area contributed by atoms with E-state index in [0.29, 0.717) is 5.75 Å². The molecule has 2 aromatic carbocycles. The molecule has 0 N–H and O–H groups in total. The Bertz CT molecular complexity index is 691. The largest absolute Gasteiger partial charge is 0.413 e. The van der Waals surface area contributed by atoms with Crippen molar-refractivity contribution in [2.24, 2.45) is 0 Å². The van der Waals surface area contributed by atoms with E-state index in [-0.39, 0.29) is 10.6 Å². The Kier molecular flexibility index (Phi) is 9.77. The fourth-order valence-electron chi connectivity index (χ4n) is 3.02. The zero-order chi connectivity index (χ0) is 19.3. The lowest BCUT2D eigenvalue weighted by atomic mass is 10.0. The second-order valence-electron chi connectivity index (χ2n) is 6.73. The minimum atomic E-state index is -0.363. The van der Waals surface area contributed by atoms with Crippen LogP contribution in [0.25, 0.3) is 0 Å². The van der Waals surface area contributed by atoms with E-state index in [1.54, 1.807) is 6.07 Å². The highest BCUT2D eigenvalue weighted by atomic mass is 32.2. The summed E-state index contributed by atoms with van der Waals surface area (Å²) in [5, 5.41) is 11.4. The predicted molar refractivity (Wildman–Crippen MR) is 112 cm³/mol. The highest BCUT2D eigenvalue weighted by Crippen LogP contribution is 2.36. The molecular weight excluding hydrogens is 358 g/mol. The van der Waals surface area contributed by atoms with E-state index in [4.69, 9.17) is 4.18 Å². The number of hydrogen-bond acceptors (Lipinski definition) is 4.